The molecule has 0 bridgehead atoms. The predicted molar refractivity (Wildman–Crippen MR) is 58.1 cm³/mol. The van der Waals surface area contributed by atoms with Crippen molar-refractivity contribution in [2.75, 3.05) is 24.9 Å². The zero-order valence-corrected chi connectivity index (χ0v) is 9.54. The van der Waals surface area contributed by atoms with E-state index in [1.807, 2.05) is 6.07 Å². The van der Waals surface area contributed by atoms with Crippen molar-refractivity contribution < 1.29 is 9.53 Å². The first-order chi connectivity index (χ1) is 7.17. The third-order valence-electron chi connectivity index (χ3n) is 1.88. The van der Waals surface area contributed by atoms with E-state index in [4.69, 9.17) is 16.3 Å². The summed E-state index contributed by atoms with van der Waals surface area (Å²) in [7, 11) is 3.40. The molecule has 84 valence electrons. The van der Waals surface area contributed by atoms with E-state index >= 15 is 0 Å². The molecule has 0 fully saturated rings. The summed E-state index contributed by atoms with van der Waals surface area (Å²) in [6, 6.07) is 1.81. The average Bonchev–Trinajstić information content (AvgIpc) is 2.56. The first-order valence-corrected chi connectivity index (χ1v) is 5.08. The SMILES string of the molecule is COCCc1cc(NC(=O)CCl)n(C)n1. The van der Waals surface area contributed by atoms with Gasteiger partial charge in [0.15, 0.2) is 0 Å². The van der Waals surface area contributed by atoms with Crippen LogP contribution in [0.4, 0.5) is 5.82 Å². The molecule has 0 atom stereocenters. The van der Waals surface area contributed by atoms with Crippen molar-refractivity contribution in [3.63, 3.8) is 0 Å². The van der Waals surface area contributed by atoms with Gasteiger partial charge in [-0.05, 0) is 0 Å². The Hall–Kier alpha value is -1.07. The highest BCUT2D eigenvalue weighted by molar-refractivity contribution is 6.29. The van der Waals surface area contributed by atoms with Crippen LogP contribution in [0.15, 0.2) is 6.07 Å². The minimum absolute atomic E-state index is 0.0570. The molecule has 5 nitrogen and oxygen atoms in total. The maximum Gasteiger partial charge on any atom is 0.240 e. The summed E-state index contributed by atoms with van der Waals surface area (Å²) in [6.45, 7) is 0.611. The number of methoxy groups -OCH3 is 1. The van der Waals surface area contributed by atoms with Gasteiger partial charge in [0.05, 0.1) is 12.3 Å². The van der Waals surface area contributed by atoms with Gasteiger partial charge in [-0.3, -0.25) is 9.48 Å². The fourth-order valence-corrected chi connectivity index (χ4v) is 1.22. The van der Waals surface area contributed by atoms with Crippen LogP contribution in [0.1, 0.15) is 5.69 Å². The number of ether oxygens (including phenoxy) is 1. The van der Waals surface area contributed by atoms with Crippen LogP contribution in [0.5, 0.6) is 0 Å². The Morgan fingerprint density at radius 1 is 1.73 bits per heavy atom. The van der Waals surface area contributed by atoms with Crippen LogP contribution in [-0.2, 0) is 23.0 Å². The number of nitrogens with zero attached hydrogens (tertiary/aromatic N) is 2. The number of aryl methyl sites for hydroxylation is 1. The topological polar surface area (TPSA) is 56.1 Å². The highest BCUT2D eigenvalue weighted by atomic mass is 35.5. The molecule has 0 aromatic carbocycles. The highest BCUT2D eigenvalue weighted by Gasteiger charge is 2.07. The summed E-state index contributed by atoms with van der Waals surface area (Å²) in [5, 5.41) is 6.86. The summed E-state index contributed by atoms with van der Waals surface area (Å²) in [4.78, 5) is 11.0. The van der Waals surface area contributed by atoms with E-state index in [2.05, 4.69) is 10.4 Å². The van der Waals surface area contributed by atoms with Crippen molar-refractivity contribution in [3.05, 3.63) is 11.8 Å². The molecular formula is C9H14ClN3O2. The van der Waals surface area contributed by atoms with Gasteiger partial charge in [-0.15, -0.1) is 11.6 Å². The number of alkyl halides is 1. The van der Waals surface area contributed by atoms with Crippen LogP contribution in [0.3, 0.4) is 0 Å². The average molecular weight is 232 g/mol. The van der Waals surface area contributed by atoms with Crippen molar-refractivity contribution in [1.29, 1.82) is 0 Å². The molecule has 1 amide bonds. The van der Waals surface area contributed by atoms with E-state index in [1.165, 1.54) is 0 Å². The first kappa shape index (κ1) is 12.0. The van der Waals surface area contributed by atoms with Gasteiger partial charge in [0.1, 0.15) is 11.7 Å². The molecule has 0 saturated heterocycles. The van der Waals surface area contributed by atoms with Gasteiger partial charge in [0.2, 0.25) is 5.91 Å². The maximum atomic E-state index is 11.0. The van der Waals surface area contributed by atoms with E-state index in [0.717, 1.165) is 12.1 Å². The number of aromatic nitrogens is 2. The fourth-order valence-electron chi connectivity index (χ4n) is 1.15. The maximum absolute atomic E-state index is 11.0. The second-order valence-electron chi connectivity index (χ2n) is 3.07. The van der Waals surface area contributed by atoms with Crippen molar-refractivity contribution >= 4 is 23.3 Å². The molecule has 1 heterocycles. The number of nitrogens with one attached hydrogen (secondary N) is 1. The van der Waals surface area contributed by atoms with Gasteiger partial charge in [-0.1, -0.05) is 0 Å². The van der Waals surface area contributed by atoms with Crippen molar-refractivity contribution in [3.8, 4) is 0 Å². The Balaban J connectivity index is 2.64. The number of anilines is 1. The van der Waals surface area contributed by atoms with Crippen molar-refractivity contribution in [1.82, 2.24) is 9.78 Å². The van der Waals surface area contributed by atoms with Crippen LogP contribution in [0.2, 0.25) is 0 Å². The predicted octanol–water partition coefficient (Wildman–Crippen LogP) is 0.786. The molecule has 1 N–H and O–H groups in total. The number of amides is 1. The van der Waals surface area contributed by atoms with Gasteiger partial charge < -0.3 is 10.1 Å². The molecule has 0 spiro atoms. The molecule has 1 rings (SSSR count). The summed E-state index contributed by atoms with van der Waals surface area (Å²) >= 11 is 5.38. The quantitative estimate of drug-likeness (QED) is 0.763. The summed E-state index contributed by atoms with van der Waals surface area (Å²) in [5.74, 6) is 0.350. The Bertz CT molecular complexity index is 338. The van der Waals surface area contributed by atoms with Crippen LogP contribution in [-0.4, -0.2) is 35.3 Å². The zero-order valence-electron chi connectivity index (χ0n) is 8.79. The highest BCUT2D eigenvalue weighted by Crippen LogP contribution is 2.09. The van der Waals surface area contributed by atoms with Gasteiger partial charge in [0.25, 0.3) is 0 Å². The Morgan fingerprint density at radius 3 is 3.07 bits per heavy atom. The van der Waals surface area contributed by atoms with Crippen LogP contribution in [0, 0.1) is 0 Å². The lowest BCUT2D eigenvalue weighted by Gasteiger charge is -2.00. The third kappa shape index (κ3) is 3.53. The molecular weight excluding hydrogens is 218 g/mol. The Morgan fingerprint density at radius 2 is 2.47 bits per heavy atom. The molecule has 1 aromatic rings. The number of hydrogen-bond donors (Lipinski definition) is 1. The third-order valence-corrected chi connectivity index (χ3v) is 2.12. The van der Waals surface area contributed by atoms with Gasteiger partial charge in [-0.2, -0.15) is 5.10 Å². The molecule has 0 radical (unpaired) electrons. The van der Waals surface area contributed by atoms with Crippen LogP contribution in [0.25, 0.3) is 0 Å². The first-order valence-electron chi connectivity index (χ1n) is 4.55. The molecule has 0 aliphatic rings. The standard InChI is InChI=1S/C9H14ClN3O2/c1-13-8(11-9(14)6-10)5-7(12-13)3-4-15-2/h5H,3-4,6H2,1-2H3,(H,11,14). The van der Waals surface area contributed by atoms with Crippen LogP contribution < -0.4 is 5.32 Å². The van der Waals surface area contributed by atoms with Crippen molar-refractivity contribution in [2.24, 2.45) is 7.05 Å². The summed E-state index contributed by atoms with van der Waals surface area (Å²) in [6.07, 6.45) is 0.723. The number of carbonyl (C=O) groups is 1. The lowest BCUT2D eigenvalue weighted by molar-refractivity contribution is -0.114. The number of carbonyl (C=O) groups excluding carboxylic acids is 1. The molecule has 15 heavy (non-hydrogen) atoms. The normalized spacial score (nSPS) is 10.3. The number of hydrogen-bond acceptors (Lipinski definition) is 3. The lowest BCUT2D eigenvalue weighted by atomic mass is 10.3. The monoisotopic (exact) mass is 231 g/mol. The zero-order chi connectivity index (χ0) is 11.3. The van der Waals surface area contributed by atoms with Gasteiger partial charge in [0, 0.05) is 26.6 Å². The van der Waals surface area contributed by atoms with E-state index < -0.39 is 0 Å². The van der Waals surface area contributed by atoms with Gasteiger partial charge >= 0.3 is 0 Å². The van der Waals surface area contributed by atoms with Crippen molar-refractivity contribution in [2.45, 2.75) is 6.42 Å². The minimum atomic E-state index is -0.238. The van der Waals surface area contributed by atoms with E-state index in [0.29, 0.717) is 12.4 Å². The second-order valence-corrected chi connectivity index (χ2v) is 3.34. The second kappa shape index (κ2) is 5.72. The molecule has 6 heteroatoms. The Labute approximate surface area is 93.4 Å². The largest absolute Gasteiger partial charge is 0.384 e. The molecule has 1 aromatic heterocycles. The fraction of sp³-hybridized carbons (Fsp3) is 0.556. The minimum Gasteiger partial charge on any atom is -0.384 e. The van der Waals surface area contributed by atoms with Gasteiger partial charge in [-0.25, -0.2) is 0 Å². The van der Waals surface area contributed by atoms with E-state index in [9.17, 15) is 4.79 Å². The number of halogens is 1. The summed E-state index contributed by atoms with van der Waals surface area (Å²) < 4.78 is 6.55. The van der Waals surface area contributed by atoms with Crippen LogP contribution >= 0.6 is 11.6 Å². The molecule has 0 unspecified atom stereocenters. The molecule has 0 saturated carbocycles. The number of rotatable bonds is 5. The van der Waals surface area contributed by atoms with E-state index in [-0.39, 0.29) is 11.8 Å². The lowest BCUT2D eigenvalue weighted by Crippen LogP contribution is -2.15. The van der Waals surface area contributed by atoms with E-state index in [1.54, 1.807) is 18.8 Å². The molecule has 0 aliphatic carbocycles. The molecule has 0 aliphatic heterocycles. The smallest absolute Gasteiger partial charge is 0.240 e. The summed E-state index contributed by atoms with van der Waals surface area (Å²) in [5.41, 5.74) is 0.879. The Kier molecular flexibility index (Phi) is 4.58.